The first kappa shape index (κ1) is 23.4. The lowest BCUT2D eigenvalue weighted by molar-refractivity contribution is -0.131. The smallest absolute Gasteiger partial charge is 0.410 e. The minimum atomic E-state index is -0.473. The second-order valence-electron chi connectivity index (χ2n) is 8.76. The number of nitrogens with one attached hydrogen (secondary N) is 1. The van der Waals surface area contributed by atoms with Gasteiger partial charge in [-0.15, -0.1) is 0 Å². The molecule has 0 aromatic rings. The molecule has 2 saturated heterocycles. The highest BCUT2D eigenvalue weighted by Crippen LogP contribution is 2.11. The maximum atomic E-state index is 12.1. The van der Waals surface area contributed by atoms with Crippen LogP contribution in [-0.2, 0) is 14.3 Å². The maximum Gasteiger partial charge on any atom is 0.410 e. The van der Waals surface area contributed by atoms with Crippen LogP contribution in [0.25, 0.3) is 0 Å². The Kier molecular flexibility index (Phi) is 8.70. The van der Waals surface area contributed by atoms with E-state index in [0.29, 0.717) is 26.1 Å². The van der Waals surface area contributed by atoms with Gasteiger partial charge in [-0.1, -0.05) is 0 Å². The summed E-state index contributed by atoms with van der Waals surface area (Å²) in [6.07, 6.45) is 0.224. The molecule has 9 nitrogen and oxygen atoms in total. The summed E-state index contributed by atoms with van der Waals surface area (Å²) in [5.41, 5.74) is -0.473. The normalized spacial score (nSPS) is 19.2. The van der Waals surface area contributed by atoms with Crippen LogP contribution in [-0.4, -0.2) is 115 Å². The molecule has 0 atom stereocenters. The molecular weight excluding hydrogens is 374 g/mol. The Morgan fingerprint density at radius 1 is 0.828 bits per heavy atom. The fraction of sp³-hybridized carbons (Fsp3) is 0.850. The molecule has 3 amide bonds. The van der Waals surface area contributed by atoms with E-state index in [0.717, 1.165) is 52.4 Å². The Bertz CT molecular complexity index is 562. The van der Waals surface area contributed by atoms with E-state index in [9.17, 15) is 14.4 Å². The SMILES string of the molecule is CC(=O)N1CCN(CCC(=O)NCCN2CCN(C(=O)OC(C)(C)C)CC2)CC1. The van der Waals surface area contributed by atoms with E-state index in [1.807, 2.05) is 25.7 Å². The topological polar surface area (TPSA) is 85.4 Å². The van der Waals surface area contributed by atoms with Crippen molar-refractivity contribution in [3.63, 3.8) is 0 Å². The Morgan fingerprint density at radius 3 is 1.86 bits per heavy atom. The van der Waals surface area contributed by atoms with Crippen molar-refractivity contribution in [1.29, 1.82) is 0 Å². The molecule has 0 bridgehead atoms. The van der Waals surface area contributed by atoms with E-state index in [4.69, 9.17) is 4.74 Å². The average molecular weight is 412 g/mol. The van der Waals surface area contributed by atoms with E-state index in [-0.39, 0.29) is 17.9 Å². The monoisotopic (exact) mass is 411 g/mol. The third-order valence-electron chi connectivity index (χ3n) is 5.25. The van der Waals surface area contributed by atoms with Crippen LogP contribution in [0.15, 0.2) is 0 Å². The molecule has 0 aromatic carbocycles. The number of hydrogen-bond acceptors (Lipinski definition) is 6. The zero-order valence-electron chi connectivity index (χ0n) is 18.4. The van der Waals surface area contributed by atoms with Gasteiger partial charge in [0, 0.05) is 85.3 Å². The van der Waals surface area contributed by atoms with Crippen molar-refractivity contribution in [3.8, 4) is 0 Å². The highest BCUT2D eigenvalue weighted by Gasteiger charge is 2.25. The van der Waals surface area contributed by atoms with Crippen molar-refractivity contribution in [2.75, 3.05) is 72.0 Å². The molecule has 0 radical (unpaired) electrons. The molecule has 0 spiro atoms. The Morgan fingerprint density at radius 2 is 1.34 bits per heavy atom. The van der Waals surface area contributed by atoms with E-state index < -0.39 is 5.60 Å². The van der Waals surface area contributed by atoms with Crippen LogP contribution in [0.2, 0.25) is 0 Å². The molecule has 0 unspecified atom stereocenters. The molecule has 0 aromatic heterocycles. The van der Waals surface area contributed by atoms with Gasteiger partial charge in [0.1, 0.15) is 5.60 Å². The number of carbonyl (C=O) groups excluding carboxylic acids is 3. The first-order valence-electron chi connectivity index (χ1n) is 10.6. The lowest BCUT2D eigenvalue weighted by atomic mass is 10.2. The molecule has 1 N–H and O–H groups in total. The van der Waals surface area contributed by atoms with Crippen molar-refractivity contribution in [2.24, 2.45) is 0 Å². The fourth-order valence-corrected chi connectivity index (χ4v) is 3.47. The molecule has 2 fully saturated rings. The molecule has 2 heterocycles. The second kappa shape index (κ2) is 10.8. The number of hydrogen-bond donors (Lipinski definition) is 1. The minimum absolute atomic E-state index is 0.0615. The van der Waals surface area contributed by atoms with Crippen LogP contribution in [0.3, 0.4) is 0 Å². The standard InChI is InChI=1S/C20H37N5O4/c1-17(26)24-13-9-22(10-14-24)7-5-18(27)21-6-8-23-11-15-25(16-12-23)19(28)29-20(2,3)4/h5-16H2,1-4H3,(H,21,27). The molecule has 0 aliphatic carbocycles. The quantitative estimate of drug-likeness (QED) is 0.673. The van der Waals surface area contributed by atoms with Gasteiger partial charge in [-0.05, 0) is 20.8 Å². The first-order valence-corrected chi connectivity index (χ1v) is 10.6. The van der Waals surface area contributed by atoms with Gasteiger partial charge in [0.25, 0.3) is 0 Å². The van der Waals surface area contributed by atoms with Gasteiger partial charge in [-0.2, -0.15) is 0 Å². The van der Waals surface area contributed by atoms with E-state index in [2.05, 4.69) is 15.1 Å². The van der Waals surface area contributed by atoms with Gasteiger partial charge in [0.15, 0.2) is 0 Å². The summed E-state index contributed by atoms with van der Waals surface area (Å²) >= 11 is 0. The Balaban J connectivity index is 1.54. The minimum Gasteiger partial charge on any atom is -0.444 e. The van der Waals surface area contributed by atoms with E-state index >= 15 is 0 Å². The molecule has 2 aliphatic rings. The lowest BCUT2D eigenvalue weighted by Crippen LogP contribution is -2.51. The van der Waals surface area contributed by atoms with Crippen LogP contribution in [0, 0.1) is 0 Å². The zero-order valence-corrected chi connectivity index (χ0v) is 18.4. The van der Waals surface area contributed by atoms with Crippen molar-refractivity contribution in [3.05, 3.63) is 0 Å². The predicted molar refractivity (Wildman–Crippen MR) is 111 cm³/mol. The Hall–Kier alpha value is -1.87. The third kappa shape index (κ3) is 8.57. The van der Waals surface area contributed by atoms with Gasteiger partial charge >= 0.3 is 6.09 Å². The number of rotatable bonds is 6. The van der Waals surface area contributed by atoms with Gasteiger partial charge in [0.2, 0.25) is 11.8 Å². The van der Waals surface area contributed by atoms with Gasteiger partial charge in [0.05, 0.1) is 0 Å². The maximum absolute atomic E-state index is 12.1. The number of amides is 3. The summed E-state index contributed by atoms with van der Waals surface area (Å²) in [4.78, 5) is 43.6. The summed E-state index contributed by atoms with van der Waals surface area (Å²) in [7, 11) is 0. The molecular formula is C20H37N5O4. The zero-order chi connectivity index (χ0) is 21.4. The summed E-state index contributed by atoms with van der Waals surface area (Å²) in [6, 6.07) is 0. The highest BCUT2D eigenvalue weighted by atomic mass is 16.6. The summed E-state index contributed by atoms with van der Waals surface area (Å²) in [5, 5.41) is 2.98. The first-order chi connectivity index (χ1) is 13.6. The van der Waals surface area contributed by atoms with Crippen LogP contribution in [0.1, 0.15) is 34.1 Å². The largest absolute Gasteiger partial charge is 0.444 e. The number of ether oxygens (including phenoxy) is 1. The molecule has 0 saturated carbocycles. The summed E-state index contributed by atoms with van der Waals surface area (Å²) < 4.78 is 5.41. The van der Waals surface area contributed by atoms with Crippen LogP contribution in [0.5, 0.6) is 0 Å². The average Bonchev–Trinajstić information content (AvgIpc) is 2.66. The molecule has 29 heavy (non-hydrogen) atoms. The van der Waals surface area contributed by atoms with Gasteiger partial charge < -0.3 is 19.9 Å². The van der Waals surface area contributed by atoms with E-state index in [1.54, 1.807) is 11.8 Å². The number of nitrogens with zero attached hydrogens (tertiary/aromatic N) is 4. The molecule has 2 rings (SSSR count). The van der Waals surface area contributed by atoms with Crippen LogP contribution >= 0.6 is 0 Å². The molecule has 9 heteroatoms. The molecule has 2 aliphatic heterocycles. The summed E-state index contributed by atoms with van der Waals surface area (Å²) in [6.45, 7) is 15.3. The third-order valence-corrected chi connectivity index (χ3v) is 5.25. The predicted octanol–water partition coefficient (Wildman–Crippen LogP) is 0.210. The highest BCUT2D eigenvalue weighted by molar-refractivity contribution is 5.76. The van der Waals surface area contributed by atoms with Gasteiger partial charge in [-0.25, -0.2) is 4.79 Å². The number of carbonyl (C=O) groups is 3. The number of piperazine rings is 2. The van der Waals surface area contributed by atoms with E-state index in [1.165, 1.54) is 0 Å². The van der Waals surface area contributed by atoms with Crippen molar-refractivity contribution >= 4 is 17.9 Å². The fourth-order valence-electron chi connectivity index (χ4n) is 3.47. The second-order valence-corrected chi connectivity index (χ2v) is 8.76. The van der Waals surface area contributed by atoms with Crippen molar-refractivity contribution < 1.29 is 19.1 Å². The summed E-state index contributed by atoms with van der Waals surface area (Å²) in [5.74, 6) is 0.181. The van der Waals surface area contributed by atoms with Crippen LogP contribution in [0.4, 0.5) is 4.79 Å². The lowest BCUT2D eigenvalue weighted by Gasteiger charge is -2.35. The van der Waals surface area contributed by atoms with Crippen molar-refractivity contribution in [1.82, 2.24) is 24.9 Å². The van der Waals surface area contributed by atoms with Crippen molar-refractivity contribution in [2.45, 2.75) is 39.7 Å². The Labute approximate surface area is 174 Å². The molecule has 166 valence electrons. The van der Waals surface area contributed by atoms with Crippen LogP contribution < -0.4 is 5.32 Å². The van der Waals surface area contributed by atoms with Gasteiger partial charge in [-0.3, -0.25) is 19.4 Å².